The molecule has 4 rings (SSSR count). The third-order valence-corrected chi connectivity index (χ3v) is 6.05. The lowest BCUT2D eigenvalue weighted by molar-refractivity contribution is -0.119. The predicted molar refractivity (Wildman–Crippen MR) is 129 cm³/mol. The Bertz CT molecular complexity index is 1210. The van der Waals surface area contributed by atoms with Gasteiger partial charge in [0.1, 0.15) is 0 Å². The Morgan fingerprint density at radius 1 is 1.12 bits per heavy atom. The lowest BCUT2D eigenvalue weighted by Crippen LogP contribution is -2.39. The van der Waals surface area contributed by atoms with Crippen molar-refractivity contribution in [1.82, 2.24) is 14.7 Å². The first kappa shape index (κ1) is 22.4. The number of hydrogen-bond donors (Lipinski definition) is 0. The summed E-state index contributed by atoms with van der Waals surface area (Å²) in [6.45, 7) is 5.20. The van der Waals surface area contributed by atoms with Crippen LogP contribution in [0.15, 0.2) is 58.3 Å². The van der Waals surface area contributed by atoms with Crippen molar-refractivity contribution in [2.45, 2.75) is 45.7 Å². The van der Waals surface area contributed by atoms with E-state index < -0.39 is 0 Å². The number of rotatable bonds is 6. The third-order valence-electron chi connectivity index (χ3n) is 5.80. The fourth-order valence-corrected chi connectivity index (χ4v) is 4.45. The molecule has 0 spiro atoms. The molecule has 1 aliphatic heterocycles. The molecule has 7 heteroatoms. The highest BCUT2D eigenvalue weighted by Crippen LogP contribution is 2.21. The van der Waals surface area contributed by atoms with E-state index in [4.69, 9.17) is 16.7 Å². The van der Waals surface area contributed by atoms with E-state index in [-0.39, 0.29) is 24.1 Å². The zero-order chi connectivity index (χ0) is 22.7. The molecule has 0 radical (unpaired) electrons. The van der Waals surface area contributed by atoms with Gasteiger partial charge in [-0.25, -0.2) is 9.67 Å². The Labute approximate surface area is 192 Å². The van der Waals surface area contributed by atoms with Crippen molar-refractivity contribution in [3.05, 3.63) is 75.2 Å². The molecular weight excluding hydrogens is 424 g/mol. The van der Waals surface area contributed by atoms with Crippen LogP contribution < -0.4 is 5.56 Å². The SMILES string of the molecule is CC(C)=NC(=O)CN1CCCC1Cn1nc(Cc2ccc(Cl)cc2)c2ccccc2c1=O. The van der Waals surface area contributed by atoms with Crippen LogP contribution in [0.4, 0.5) is 0 Å². The summed E-state index contributed by atoms with van der Waals surface area (Å²) >= 11 is 6.03. The summed E-state index contributed by atoms with van der Waals surface area (Å²) < 4.78 is 1.58. The van der Waals surface area contributed by atoms with Crippen molar-refractivity contribution >= 4 is 34.0 Å². The second-order valence-corrected chi connectivity index (χ2v) is 8.94. The number of hydrogen-bond acceptors (Lipinski definition) is 4. The molecule has 2 aromatic carbocycles. The molecule has 3 aromatic rings. The summed E-state index contributed by atoms with van der Waals surface area (Å²) in [5.41, 5.74) is 2.60. The fraction of sp³-hybridized carbons (Fsp3) is 0.360. The van der Waals surface area contributed by atoms with Crippen molar-refractivity contribution in [2.75, 3.05) is 13.1 Å². The minimum atomic E-state index is -0.140. The van der Waals surface area contributed by atoms with Crippen LogP contribution in [0.3, 0.4) is 0 Å². The number of carbonyl (C=O) groups excluding carboxylic acids is 1. The van der Waals surface area contributed by atoms with Gasteiger partial charge in [0.2, 0.25) is 0 Å². The van der Waals surface area contributed by atoms with Crippen LogP contribution in [-0.4, -0.2) is 45.4 Å². The monoisotopic (exact) mass is 450 g/mol. The predicted octanol–water partition coefficient (Wildman–Crippen LogP) is 4.11. The first-order valence-electron chi connectivity index (χ1n) is 10.9. The lowest BCUT2D eigenvalue weighted by atomic mass is 10.0. The quantitative estimate of drug-likeness (QED) is 0.530. The second-order valence-electron chi connectivity index (χ2n) is 8.50. The van der Waals surface area contributed by atoms with E-state index in [2.05, 4.69) is 9.89 Å². The summed E-state index contributed by atoms with van der Waals surface area (Å²) in [4.78, 5) is 31.6. The first-order valence-corrected chi connectivity index (χ1v) is 11.3. The van der Waals surface area contributed by atoms with Crippen LogP contribution in [0.25, 0.3) is 10.8 Å². The Morgan fingerprint density at radius 2 is 1.84 bits per heavy atom. The number of fused-ring (bicyclic) bond motifs is 1. The van der Waals surface area contributed by atoms with Crippen LogP contribution in [-0.2, 0) is 17.8 Å². The van der Waals surface area contributed by atoms with E-state index in [0.717, 1.165) is 41.7 Å². The van der Waals surface area contributed by atoms with Crippen LogP contribution in [0.1, 0.15) is 37.9 Å². The number of aliphatic imine (C=N–C) groups is 1. The number of nitrogens with zero attached hydrogens (tertiary/aromatic N) is 4. The average molecular weight is 451 g/mol. The maximum absolute atomic E-state index is 13.2. The zero-order valence-corrected chi connectivity index (χ0v) is 19.2. The lowest BCUT2D eigenvalue weighted by Gasteiger charge is -2.23. The number of benzene rings is 2. The average Bonchev–Trinajstić information content (AvgIpc) is 3.18. The maximum Gasteiger partial charge on any atom is 0.274 e. The van der Waals surface area contributed by atoms with Crippen molar-refractivity contribution < 1.29 is 4.79 Å². The van der Waals surface area contributed by atoms with Crippen molar-refractivity contribution in [3.8, 4) is 0 Å². The minimum Gasteiger partial charge on any atom is -0.290 e. The molecule has 1 aromatic heterocycles. The smallest absolute Gasteiger partial charge is 0.274 e. The van der Waals surface area contributed by atoms with Gasteiger partial charge in [0.05, 0.1) is 24.2 Å². The molecule has 0 N–H and O–H groups in total. The second kappa shape index (κ2) is 9.76. The van der Waals surface area contributed by atoms with Gasteiger partial charge < -0.3 is 0 Å². The number of amides is 1. The summed E-state index contributed by atoms with van der Waals surface area (Å²) in [6, 6.07) is 15.4. The Morgan fingerprint density at radius 3 is 2.56 bits per heavy atom. The number of carbonyl (C=O) groups is 1. The normalized spacial score (nSPS) is 16.4. The van der Waals surface area contributed by atoms with E-state index in [1.165, 1.54) is 0 Å². The standard InChI is InChI=1S/C25H27ClN4O2/c1-17(2)27-24(31)16-29-13-5-6-20(29)15-30-25(32)22-8-4-3-7-21(22)23(28-30)14-18-9-11-19(26)12-10-18/h3-4,7-12,20H,5-6,13-16H2,1-2H3. The van der Waals surface area contributed by atoms with E-state index in [1.807, 2.05) is 62.4 Å². The molecule has 166 valence electrons. The van der Waals surface area contributed by atoms with Gasteiger partial charge in [-0.1, -0.05) is 41.9 Å². The van der Waals surface area contributed by atoms with E-state index >= 15 is 0 Å². The third kappa shape index (κ3) is 5.14. The van der Waals surface area contributed by atoms with Gasteiger partial charge in [-0.05, 0) is 57.0 Å². The van der Waals surface area contributed by atoms with E-state index in [9.17, 15) is 9.59 Å². The van der Waals surface area contributed by atoms with Gasteiger partial charge in [-0.15, -0.1) is 0 Å². The molecule has 32 heavy (non-hydrogen) atoms. The molecule has 0 saturated carbocycles. The molecule has 1 aliphatic rings. The topological polar surface area (TPSA) is 67.6 Å². The first-order chi connectivity index (χ1) is 15.4. The van der Waals surface area contributed by atoms with Crippen molar-refractivity contribution in [3.63, 3.8) is 0 Å². The minimum absolute atomic E-state index is 0.0843. The van der Waals surface area contributed by atoms with Crippen LogP contribution >= 0.6 is 11.6 Å². The maximum atomic E-state index is 13.2. The molecule has 1 amide bonds. The summed E-state index contributed by atoms with van der Waals surface area (Å²) in [7, 11) is 0. The van der Waals surface area contributed by atoms with Gasteiger partial charge in [0.15, 0.2) is 0 Å². The largest absolute Gasteiger partial charge is 0.290 e. The van der Waals surface area contributed by atoms with Crippen LogP contribution in [0.2, 0.25) is 5.02 Å². The Balaban J connectivity index is 1.64. The molecular formula is C25H27ClN4O2. The molecule has 1 atom stereocenters. The molecule has 1 fully saturated rings. The Hall–Kier alpha value is -2.83. The summed E-state index contributed by atoms with van der Waals surface area (Å²) in [5, 5.41) is 7.00. The van der Waals surface area contributed by atoms with Gasteiger partial charge in [-0.3, -0.25) is 14.5 Å². The highest BCUT2D eigenvalue weighted by atomic mass is 35.5. The number of aromatic nitrogens is 2. The van der Waals surface area contributed by atoms with Gasteiger partial charge in [0.25, 0.3) is 11.5 Å². The summed E-state index contributed by atoms with van der Waals surface area (Å²) in [6.07, 6.45) is 2.53. The highest BCUT2D eigenvalue weighted by molar-refractivity contribution is 6.30. The molecule has 0 aliphatic carbocycles. The van der Waals surface area contributed by atoms with Gasteiger partial charge in [0, 0.05) is 28.6 Å². The van der Waals surface area contributed by atoms with Gasteiger partial charge in [-0.2, -0.15) is 5.10 Å². The van der Waals surface area contributed by atoms with Crippen LogP contribution in [0.5, 0.6) is 0 Å². The van der Waals surface area contributed by atoms with Gasteiger partial charge >= 0.3 is 0 Å². The number of likely N-dealkylation sites (tertiary alicyclic amines) is 1. The molecule has 1 unspecified atom stereocenters. The fourth-order valence-electron chi connectivity index (χ4n) is 4.32. The molecule has 6 nitrogen and oxygen atoms in total. The summed E-state index contributed by atoms with van der Waals surface area (Å²) in [5.74, 6) is -0.140. The number of halogens is 1. The van der Waals surface area contributed by atoms with Crippen LogP contribution in [0, 0.1) is 0 Å². The molecule has 1 saturated heterocycles. The highest BCUT2D eigenvalue weighted by Gasteiger charge is 2.27. The van der Waals surface area contributed by atoms with Crippen molar-refractivity contribution in [2.24, 2.45) is 4.99 Å². The van der Waals surface area contributed by atoms with E-state index in [0.29, 0.717) is 23.4 Å². The Kier molecular flexibility index (Phi) is 6.82. The van der Waals surface area contributed by atoms with Crippen molar-refractivity contribution in [1.29, 1.82) is 0 Å². The molecule has 0 bridgehead atoms. The zero-order valence-electron chi connectivity index (χ0n) is 18.4. The molecule has 2 heterocycles. The van der Waals surface area contributed by atoms with E-state index in [1.54, 1.807) is 4.68 Å².